The molecule has 0 amide bonds. The Morgan fingerprint density at radius 2 is 2.22 bits per heavy atom. The van der Waals surface area contributed by atoms with Gasteiger partial charge in [-0.05, 0) is 24.1 Å². The molecule has 0 aliphatic heterocycles. The smallest absolute Gasteiger partial charge is 0.124 e. The van der Waals surface area contributed by atoms with Gasteiger partial charge < -0.3 is 5.32 Å². The van der Waals surface area contributed by atoms with Crippen molar-refractivity contribution in [2.45, 2.75) is 26.4 Å². The Morgan fingerprint density at radius 1 is 1.39 bits per heavy atom. The van der Waals surface area contributed by atoms with E-state index in [2.05, 4.69) is 33.2 Å². The zero-order chi connectivity index (χ0) is 13.0. The Morgan fingerprint density at radius 3 is 2.89 bits per heavy atom. The maximum atomic E-state index is 12.9. The number of thiazole rings is 1. The monoisotopic (exact) mass is 328 g/mol. The Hall–Kier alpha value is -0.780. The van der Waals surface area contributed by atoms with Crippen molar-refractivity contribution in [3.05, 3.63) is 50.1 Å². The minimum atomic E-state index is -0.224. The second-order valence-corrected chi connectivity index (χ2v) is 5.97. The zero-order valence-corrected chi connectivity index (χ0v) is 12.4. The van der Waals surface area contributed by atoms with Crippen LogP contribution in [0.15, 0.2) is 28.9 Å². The summed E-state index contributed by atoms with van der Waals surface area (Å²) in [5.74, 6) is -0.224. The van der Waals surface area contributed by atoms with Crippen LogP contribution in [0.3, 0.4) is 0 Å². The molecule has 0 spiro atoms. The fraction of sp³-hybridized carbons (Fsp3) is 0.308. The van der Waals surface area contributed by atoms with Gasteiger partial charge in [0.1, 0.15) is 10.8 Å². The first-order valence-electron chi connectivity index (χ1n) is 5.77. The summed E-state index contributed by atoms with van der Waals surface area (Å²) in [6.45, 7) is 3.57. The van der Waals surface area contributed by atoms with Crippen molar-refractivity contribution in [3.8, 4) is 0 Å². The van der Waals surface area contributed by atoms with Gasteiger partial charge in [-0.3, -0.25) is 0 Å². The Bertz CT molecular complexity index is 527. The van der Waals surface area contributed by atoms with Crippen LogP contribution in [0, 0.1) is 5.82 Å². The molecule has 0 unspecified atom stereocenters. The second-order valence-electron chi connectivity index (χ2n) is 3.91. The highest BCUT2D eigenvalue weighted by Gasteiger charge is 2.03. The summed E-state index contributed by atoms with van der Waals surface area (Å²) < 4.78 is 13.7. The van der Waals surface area contributed by atoms with Crippen molar-refractivity contribution in [3.63, 3.8) is 0 Å². The van der Waals surface area contributed by atoms with Gasteiger partial charge in [-0.1, -0.05) is 28.9 Å². The van der Waals surface area contributed by atoms with E-state index < -0.39 is 0 Å². The molecule has 96 valence electrons. The number of halogens is 2. The lowest BCUT2D eigenvalue weighted by atomic mass is 10.2. The Kier molecular flexibility index (Phi) is 4.86. The normalized spacial score (nSPS) is 10.8. The van der Waals surface area contributed by atoms with Gasteiger partial charge in [0, 0.05) is 28.6 Å². The van der Waals surface area contributed by atoms with E-state index >= 15 is 0 Å². The maximum absolute atomic E-state index is 12.9. The number of aromatic nitrogens is 1. The summed E-state index contributed by atoms with van der Waals surface area (Å²) in [6.07, 6.45) is 2.96. The largest absolute Gasteiger partial charge is 0.306 e. The van der Waals surface area contributed by atoms with E-state index in [1.165, 1.54) is 17.0 Å². The molecule has 2 aromatic rings. The third-order valence-electron chi connectivity index (χ3n) is 2.56. The van der Waals surface area contributed by atoms with E-state index in [0.29, 0.717) is 6.54 Å². The van der Waals surface area contributed by atoms with Crippen molar-refractivity contribution < 1.29 is 4.39 Å². The number of hydrogen-bond acceptors (Lipinski definition) is 3. The number of nitrogens with one attached hydrogen (secondary N) is 1. The average molecular weight is 329 g/mol. The topological polar surface area (TPSA) is 24.9 Å². The molecule has 5 heteroatoms. The molecule has 1 heterocycles. The van der Waals surface area contributed by atoms with Gasteiger partial charge in [-0.2, -0.15) is 0 Å². The highest BCUT2D eigenvalue weighted by atomic mass is 79.9. The third-order valence-corrected chi connectivity index (χ3v) is 4.44. The molecule has 0 radical (unpaired) electrons. The van der Waals surface area contributed by atoms with Gasteiger partial charge in [0.2, 0.25) is 0 Å². The first-order chi connectivity index (χ1) is 8.69. The average Bonchev–Trinajstić information content (AvgIpc) is 2.80. The van der Waals surface area contributed by atoms with Crippen LogP contribution in [0.1, 0.15) is 22.4 Å². The third kappa shape index (κ3) is 3.60. The summed E-state index contributed by atoms with van der Waals surface area (Å²) in [7, 11) is 0. The van der Waals surface area contributed by atoms with Crippen LogP contribution in [0.2, 0.25) is 0 Å². The molecular weight excluding hydrogens is 315 g/mol. The zero-order valence-electron chi connectivity index (χ0n) is 10.0. The SMILES string of the molecule is CCc1cnc(CNCc2ccc(F)cc2Br)s1. The molecule has 0 saturated heterocycles. The van der Waals surface area contributed by atoms with Crippen molar-refractivity contribution >= 4 is 27.3 Å². The Balaban J connectivity index is 1.88. The van der Waals surface area contributed by atoms with Gasteiger partial charge in [0.25, 0.3) is 0 Å². The highest BCUT2D eigenvalue weighted by Crippen LogP contribution is 2.18. The summed E-state index contributed by atoms with van der Waals surface area (Å²) in [4.78, 5) is 5.64. The lowest BCUT2D eigenvalue weighted by Crippen LogP contribution is -2.12. The minimum absolute atomic E-state index is 0.224. The summed E-state index contributed by atoms with van der Waals surface area (Å²) >= 11 is 5.09. The molecule has 2 nitrogen and oxygen atoms in total. The van der Waals surface area contributed by atoms with Crippen LogP contribution in [-0.2, 0) is 19.5 Å². The maximum Gasteiger partial charge on any atom is 0.124 e. The number of nitrogens with zero attached hydrogens (tertiary/aromatic N) is 1. The molecule has 1 N–H and O–H groups in total. The fourth-order valence-electron chi connectivity index (χ4n) is 1.56. The first-order valence-corrected chi connectivity index (χ1v) is 7.38. The molecule has 0 aliphatic carbocycles. The van der Waals surface area contributed by atoms with Gasteiger partial charge in [-0.15, -0.1) is 11.3 Å². The van der Waals surface area contributed by atoms with E-state index in [0.717, 1.165) is 28.0 Å². The standard InChI is InChI=1S/C13H14BrFN2S/c1-2-11-7-17-13(18-11)8-16-6-9-3-4-10(15)5-12(9)14/h3-5,7,16H,2,6,8H2,1H3. The summed E-state index contributed by atoms with van der Waals surface area (Å²) in [6, 6.07) is 4.74. The predicted molar refractivity (Wildman–Crippen MR) is 76.1 cm³/mol. The van der Waals surface area contributed by atoms with Crippen LogP contribution in [0.25, 0.3) is 0 Å². The quantitative estimate of drug-likeness (QED) is 0.900. The van der Waals surface area contributed by atoms with Gasteiger partial charge in [0.05, 0.1) is 0 Å². The van der Waals surface area contributed by atoms with Crippen LogP contribution in [-0.4, -0.2) is 4.98 Å². The number of hydrogen-bond donors (Lipinski definition) is 1. The molecule has 0 bridgehead atoms. The first kappa shape index (κ1) is 13.6. The Labute approximate surface area is 118 Å². The van der Waals surface area contributed by atoms with Crippen LogP contribution in [0.4, 0.5) is 4.39 Å². The highest BCUT2D eigenvalue weighted by molar-refractivity contribution is 9.10. The van der Waals surface area contributed by atoms with Crippen LogP contribution >= 0.6 is 27.3 Å². The van der Waals surface area contributed by atoms with Gasteiger partial charge in [0.15, 0.2) is 0 Å². The second kappa shape index (κ2) is 6.41. The lowest BCUT2D eigenvalue weighted by Gasteiger charge is -2.05. The molecule has 0 fully saturated rings. The predicted octanol–water partition coefficient (Wildman–Crippen LogP) is 3.90. The number of aryl methyl sites for hydroxylation is 1. The number of benzene rings is 1. The molecular formula is C13H14BrFN2S. The van der Waals surface area contributed by atoms with Crippen molar-refractivity contribution in [1.29, 1.82) is 0 Å². The van der Waals surface area contributed by atoms with Gasteiger partial charge >= 0.3 is 0 Å². The fourth-order valence-corrected chi connectivity index (χ4v) is 2.89. The molecule has 18 heavy (non-hydrogen) atoms. The van der Waals surface area contributed by atoms with E-state index in [1.807, 2.05) is 6.20 Å². The van der Waals surface area contributed by atoms with E-state index in [-0.39, 0.29) is 5.82 Å². The van der Waals surface area contributed by atoms with Gasteiger partial charge in [-0.25, -0.2) is 9.37 Å². The molecule has 2 rings (SSSR count). The van der Waals surface area contributed by atoms with Crippen molar-refractivity contribution in [1.82, 2.24) is 10.3 Å². The molecule has 0 aliphatic rings. The van der Waals surface area contributed by atoms with E-state index in [4.69, 9.17) is 0 Å². The van der Waals surface area contributed by atoms with E-state index in [1.54, 1.807) is 17.4 Å². The van der Waals surface area contributed by atoms with E-state index in [9.17, 15) is 4.39 Å². The molecule has 0 atom stereocenters. The van der Waals surface area contributed by atoms with Crippen molar-refractivity contribution in [2.24, 2.45) is 0 Å². The van der Waals surface area contributed by atoms with Crippen molar-refractivity contribution in [2.75, 3.05) is 0 Å². The molecule has 0 saturated carbocycles. The minimum Gasteiger partial charge on any atom is -0.306 e. The molecule has 1 aromatic carbocycles. The van der Waals surface area contributed by atoms with Crippen LogP contribution in [0.5, 0.6) is 0 Å². The lowest BCUT2D eigenvalue weighted by molar-refractivity contribution is 0.623. The summed E-state index contributed by atoms with van der Waals surface area (Å²) in [5, 5.41) is 4.40. The molecule has 1 aromatic heterocycles. The number of rotatable bonds is 5. The summed E-state index contributed by atoms with van der Waals surface area (Å²) in [5.41, 5.74) is 1.05. The van der Waals surface area contributed by atoms with Crippen LogP contribution < -0.4 is 5.32 Å².